The molecule has 0 spiro atoms. The van der Waals surface area contributed by atoms with Gasteiger partial charge >= 0.3 is 11.9 Å². The van der Waals surface area contributed by atoms with Gasteiger partial charge in [-0.2, -0.15) is 0 Å². The first-order valence-electron chi connectivity index (χ1n) is 13.2. The summed E-state index contributed by atoms with van der Waals surface area (Å²) in [4.78, 5) is 23.0. The van der Waals surface area contributed by atoms with Gasteiger partial charge in [0.05, 0.1) is 72.7 Å². The maximum absolute atomic E-state index is 11.6. The SMILES string of the molecule is CCCCCCCC(=O)OCCOCCOCCOCCOCCOCCOCC(=O)OC(C)(C)C. The van der Waals surface area contributed by atoms with E-state index >= 15 is 0 Å². The van der Waals surface area contributed by atoms with E-state index in [4.69, 9.17) is 37.9 Å². The fourth-order valence-electron chi connectivity index (χ4n) is 2.79. The molecule has 36 heavy (non-hydrogen) atoms. The second-order valence-corrected chi connectivity index (χ2v) is 9.09. The van der Waals surface area contributed by atoms with E-state index in [9.17, 15) is 9.59 Å². The van der Waals surface area contributed by atoms with Gasteiger partial charge < -0.3 is 37.9 Å². The quantitative estimate of drug-likeness (QED) is 0.124. The predicted molar refractivity (Wildman–Crippen MR) is 135 cm³/mol. The lowest BCUT2D eigenvalue weighted by Gasteiger charge is -2.19. The van der Waals surface area contributed by atoms with Crippen LogP contribution < -0.4 is 0 Å². The molecule has 0 unspecified atom stereocenters. The first-order valence-corrected chi connectivity index (χ1v) is 13.2. The second kappa shape index (κ2) is 25.4. The van der Waals surface area contributed by atoms with E-state index in [-0.39, 0.29) is 25.2 Å². The molecule has 0 bridgehead atoms. The predicted octanol–water partition coefficient (Wildman–Crippen LogP) is 3.33. The van der Waals surface area contributed by atoms with Crippen LogP contribution in [-0.2, 0) is 47.5 Å². The summed E-state index contributed by atoms with van der Waals surface area (Å²) in [7, 11) is 0. The molecular formula is C26H50O10. The van der Waals surface area contributed by atoms with E-state index in [0.29, 0.717) is 79.1 Å². The van der Waals surface area contributed by atoms with E-state index in [1.807, 2.05) is 20.8 Å². The van der Waals surface area contributed by atoms with Gasteiger partial charge in [0.15, 0.2) is 0 Å². The molecule has 0 aliphatic rings. The number of hydrogen-bond donors (Lipinski definition) is 0. The zero-order chi connectivity index (χ0) is 26.7. The maximum Gasteiger partial charge on any atom is 0.332 e. The number of carbonyl (C=O) groups is 2. The lowest BCUT2D eigenvalue weighted by atomic mass is 10.1. The Balaban J connectivity index is 3.18. The van der Waals surface area contributed by atoms with E-state index in [0.717, 1.165) is 12.8 Å². The molecule has 0 aromatic heterocycles. The van der Waals surface area contributed by atoms with E-state index in [2.05, 4.69) is 6.92 Å². The Morgan fingerprint density at radius 1 is 0.528 bits per heavy atom. The second-order valence-electron chi connectivity index (χ2n) is 9.09. The van der Waals surface area contributed by atoms with Crippen molar-refractivity contribution in [2.75, 3.05) is 85.9 Å². The van der Waals surface area contributed by atoms with Crippen molar-refractivity contribution in [3.05, 3.63) is 0 Å². The van der Waals surface area contributed by atoms with Gasteiger partial charge in [-0.05, 0) is 27.2 Å². The summed E-state index contributed by atoms with van der Waals surface area (Å²) < 4.78 is 42.5. The normalized spacial score (nSPS) is 11.6. The standard InChI is InChI=1S/C26H50O10/c1-5-6-7-8-9-10-24(27)35-22-21-33-18-17-31-14-13-29-11-12-30-15-16-32-19-20-34-23-25(28)36-26(2,3)4/h5-23H2,1-4H3. The van der Waals surface area contributed by atoms with E-state index in [1.54, 1.807) is 0 Å². The molecule has 0 saturated heterocycles. The highest BCUT2D eigenvalue weighted by Crippen LogP contribution is 2.07. The number of carbonyl (C=O) groups excluding carboxylic acids is 2. The average Bonchev–Trinajstić information content (AvgIpc) is 2.81. The minimum absolute atomic E-state index is 0.0817. The lowest BCUT2D eigenvalue weighted by Crippen LogP contribution is -2.27. The summed E-state index contributed by atoms with van der Waals surface area (Å²) in [6.45, 7) is 12.6. The Kier molecular flexibility index (Phi) is 24.4. The Hall–Kier alpha value is -1.30. The molecule has 0 fully saturated rings. The Morgan fingerprint density at radius 3 is 1.39 bits per heavy atom. The molecule has 0 aliphatic heterocycles. The van der Waals surface area contributed by atoms with Gasteiger partial charge in [-0.3, -0.25) is 4.79 Å². The molecule has 0 aromatic carbocycles. The van der Waals surface area contributed by atoms with Gasteiger partial charge in [0.2, 0.25) is 0 Å². The number of rotatable bonds is 26. The molecule has 0 N–H and O–H groups in total. The number of hydrogen-bond acceptors (Lipinski definition) is 10. The molecule has 0 aliphatic carbocycles. The summed E-state index contributed by atoms with van der Waals surface area (Å²) in [6.07, 6.45) is 6.07. The number of unbranched alkanes of at least 4 members (excludes halogenated alkanes) is 4. The lowest BCUT2D eigenvalue weighted by molar-refractivity contribution is -0.160. The van der Waals surface area contributed by atoms with Crippen LogP contribution in [0.15, 0.2) is 0 Å². The average molecular weight is 523 g/mol. The van der Waals surface area contributed by atoms with Crippen LogP contribution in [0.5, 0.6) is 0 Å². The van der Waals surface area contributed by atoms with Crippen molar-refractivity contribution in [1.82, 2.24) is 0 Å². The Labute approximate surface area is 217 Å². The first-order chi connectivity index (χ1) is 17.3. The molecule has 0 saturated carbocycles. The zero-order valence-electron chi connectivity index (χ0n) is 23.0. The largest absolute Gasteiger partial charge is 0.463 e. The Bertz CT molecular complexity index is 507. The number of ether oxygens (including phenoxy) is 8. The van der Waals surface area contributed by atoms with Crippen molar-refractivity contribution in [1.29, 1.82) is 0 Å². The highest BCUT2D eigenvalue weighted by molar-refractivity contribution is 5.71. The third-order valence-electron chi connectivity index (χ3n) is 4.48. The van der Waals surface area contributed by atoms with Crippen molar-refractivity contribution in [2.45, 2.75) is 71.8 Å². The summed E-state index contributed by atoms with van der Waals surface area (Å²) in [5, 5.41) is 0. The fraction of sp³-hybridized carbons (Fsp3) is 0.923. The topological polar surface area (TPSA) is 108 Å². The van der Waals surface area contributed by atoms with Gasteiger partial charge in [-0.1, -0.05) is 32.6 Å². The molecule has 0 radical (unpaired) electrons. The Morgan fingerprint density at radius 2 is 0.944 bits per heavy atom. The molecule has 0 atom stereocenters. The zero-order valence-corrected chi connectivity index (χ0v) is 23.0. The minimum Gasteiger partial charge on any atom is -0.463 e. The van der Waals surface area contributed by atoms with Crippen molar-refractivity contribution < 1.29 is 47.5 Å². The van der Waals surface area contributed by atoms with Crippen LogP contribution >= 0.6 is 0 Å². The van der Waals surface area contributed by atoms with Crippen molar-refractivity contribution in [3.8, 4) is 0 Å². The molecular weight excluding hydrogens is 472 g/mol. The van der Waals surface area contributed by atoms with Gasteiger partial charge in [0, 0.05) is 6.42 Å². The molecule has 10 nitrogen and oxygen atoms in total. The maximum atomic E-state index is 11.6. The molecule has 0 heterocycles. The third-order valence-corrected chi connectivity index (χ3v) is 4.48. The minimum atomic E-state index is -0.507. The number of esters is 2. The van der Waals surface area contributed by atoms with E-state index in [1.165, 1.54) is 19.3 Å². The summed E-state index contributed by atoms with van der Waals surface area (Å²) in [5.74, 6) is -0.538. The molecule has 0 aromatic rings. The fourth-order valence-corrected chi connectivity index (χ4v) is 2.79. The molecule has 0 amide bonds. The summed E-state index contributed by atoms with van der Waals surface area (Å²) >= 11 is 0. The van der Waals surface area contributed by atoms with Gasteiger partial charge in [0.25, 0.3) is 0 Å². The highest BCUT2D eigenvalue weighted by Gasteiger charge is 2.15. The van der Waals surface area contributed by atoms with E-state index < -0.39 is 5.60 Å². The molecule has 0 rings (SSSR count). The van der Waals surface area contributed by atoms with Crippen LogP contribution in [0.25, 0.3) is 0 Å². The van der Waals surface area contributed by atoms with Crippen LogP contribution in [0.2, 0.25) is 0 Å². The van der Waals surface area contributed by atoms with Crippen LogP contribution in [-0.4, -0.2) is 103 Å². The van der Waals surface area contributed by atoms with Crippen LogP contribution in [0, 0.1) is 0 Å². The summed E-state index contributed by atoms with van der Waals surface area (Å²) in [5.41, 5.74) is -0.507. The van der Waals surface area contributed by atoms with Crippen LogP contribution in [0.4, 0.5) is 0 Å². The van der Waals surface area contributed by atoms with Gasteiger partial charge in [-0.15, -0.1) is 0 Å². The first kappa shape index (κ1) is 34.7. The van der Waals surface area contributed by atoms with Crippen molar-refractivity contribution in [3.63, 3.8) is 0 Å². The van der Waals surface area contributed by atoms with Crippen LogP contribution in [0.1, 0.15) is 66.2 Å². The summed E-state index contributed by atoms with van der Waals surface area (Å²) in [6, 6.07) is 0. The molecule has 10 heteroatoms. The molecule has 214 valence electrons. The van der Waals surface area contributed by atoms with Gasteiger partial charge in [0.1, 0.15) is 18.8 Å². The highest BCUT2D eigenvalue weighted by atomic mass is 16.6. The van der Waals surface area contributed by atoms with Crippen LogP contribution in [0.3, 0.4) is 0 Å². The smallest absolute Gasteiger partial charge is 0.332 e. The van der Waals surface area contributed by atoms with Gasteiger partial charge in [-0.25, -0.2) is 4.79 Å². The third kappa shape index (κ3) is 28.9. The van der Waals surface area contributed by atoms with Crippen molar-refractivity contribution >= 4 is 11.9 Å². The van der Waals surface area contributed by atoms with Crippen molar-refractivity contribution in [2.24, 2.45) is 0 Å². The monoisotopic (exact) mass is 522 g/mol.